The third-order valence-electron chi connectivity index (χ3n) is 5.74. The van der Waals surface area contributed by atoms with Gasteiger partial charge in [0.2, 0.25) is 0 Å². The Balaban J connectivity index is 1.56. The Morgan fingerprint density at radius 1 is 0.941 bits per heavy atom. The molecule has 1 N–H and O–H groups in total. The van der Waals surface area contributed by atoms with Crippen molar-refractivity contribution in [3.8, 4) is 0 Å². The average molecular weight is 470 g/mol. The zero-order chi connectivity index (χ0) is 23.8. The summed E-state index contributed by atoms with van der Waals surface area (Å²) in [6.07, 6.45) is 3.46. The van der Waals surface area contributed by atoms with Crippen LogP contribution in [0, 0.1) is 6.92 Å². The molecule has 6 nitrogen and oxygen atoms in total. The number of para-hydroxylation sites is 1. The number of benzene rings is 3. The molecule has 2 heterocycles. The van der Waals surface area contributed by atoms with Crippen LogP contribution in [-0.4, -0.2) is 22.4 Å². The van der Waals surface area contributed by atoms with Gasteiger partial charge in [0.05, 0.1) is 5.69 Å². The van der Waals surface area contributed by atoms with E-state index in [-0.39, 0.29) is 5.57 Å². The van der Waals surface area contributed by atoms with Crippen LogP contribution in [0.15, 0.2) is 84.6 Å². The fourth-order valence-corrected chi connectivity index (χ4v) is 4.29. The Hall–Kier alpha value is -4.16. The topological polar surface area (TPSA) is 71.4 Å². The molecule has 1 aliphatic rings. The monoisotopic (exact) mass is 469 g/mol. The smallest absolute Gasteiger partial charge is 0.335 e. The van der Waals surface area contributed by atoms with Gasteiger partial charge in [-0.05, 0) is 48.9 Å². The summed E-state index contributed by atoms with van der Waals surface area (Å²) in [6.45, 7) is 2.69. The lowest BCUT2D eigenvalue weighted by Crippen LogP contribution is -2.54. The Bertz CT molecular complexity index is 1480. The number of halogens is 1. The first-order valence-corrected chi connectivity index (χ1v) is 11.1. The summed E-state index contributed by atoms with van der Waals surface area (Å²) in [5.41, 5.74) is 4.22. The number of imide groups is 2. The minimum Gasteiger partial charge on any atom is -0.342 e. The minimum atomic E-state index is -0.795. The fourth-order valence-electron chi connectivity index (χ4n) is 4.17. The van der Waals surface area contributed by atoms with Gasteiger partial charge in [0.15, 0.2) is 0 Å². The maximum Gasteiger partial charge on any atom is 0.335 e. The van der Waals surface area contributed by atoms with Crippen molar-refractivity contribution in [2.24, 2.45) is 0 Å². The number of hydrogen-bond donors (Lipinski definition) is 1. The number of nitrogens with zero attached hydrogens (tertiary/aromatic N) is 2. The zero-order valence-corrected chi connectivity index (χ0v) is 19.0. The van der Waals surface area contributed by atoms with Crippen molar-refractivity contribution >= 4 is 52.1 Å². The highest BCUT2D eigenvalue weighted by atomic mass is 35.5. The van der Waals surface area contributed by atoms with E-state index in [0.717, 1.165) is 21.4 Å². The molecule has 7 heteroatoms. The van der Waals surface area contributed by atoms with E-state index in [9.17, 15) is 14.4 Å². The van der Waals surface area contributed by atoms with Crippen LogP contribution < -0.4 is 10.2 Å². The van der Waals surface area contributed by atoms with Crippen LogP contribution in [0.1, 0.15) is 16.7 Å². The maximum atomic E-state index is 13.2. The summed E-state index contributed by atoms with van der Waals surface area (Å²) >= 11 is 5.94. The Labute approximate surface area is 201 Å². The van der Waals surface area contributed by atoms with Gasteiger partial charge in [-0.15, -0.1) is 0 Å². The van der Waals surface area contributed by atoms with Crippen molar-refractivity contribution in [1.82, 2.24) is 9.88 Å². The van der Waals surface area contributed by atoms with E-state index in [2.05, 4.69) is 22.0 Å². The molecule has 168 valence electrons. The van der Waals surface area contributed by atoms with Gasteiger partial charge in [-0.2, -0.15) is 0 Å². The molecule has 1 aromatic heterocycles. The fraction of sp³-hybridized carbons (Fsp3) is 0.0741. The summed E-state index contributed by atoms with van der Waals surface area (Å²) in [5.74, 6) is -1.41. The summed E-state index contributed by atoms with van der Waals surface area (Å²) < 4.78 is 2.09. The second-order valence-corrected chi connectivity index (χ2v) is 8.59. The minimum absolute atomic E-state index is 0.118. The van der Waals surface area contributed by atoms with E-state index >= 15 is 0 Å². The Kier molecular flexibility index (Phi) is 5.51. The number of hydrogen-bond acceptors (Lipinski definition) is 3. The molecule has 1 saturated heterocycles. The number of aryl methyl sites for hydroxylation is 1. The molecule has 0 spiro atoms. The number of nitrogens with one attached hydrogen (secondary N) is 1. The van der Waals surface area contributed by atoms with Crippen LogP contribution in [0.4, 0.5) is 10.5 Å². The number of carbonyl (C=O) groups is 3. The predicted molar refractivity (Wildman–Crippen MR) is 133 cm³/mol. The van der Waals surface area contributed by atoms with E-state index in [0.29, 0.717) is 22.8 Å². The molecule has 5 rings (SSSR count). The SMILES string of the molecule is Cc1cccc(Cn2cc(/C=C3/C(=O)NC(=O)N(c4ccc(Cl)cc4)C3=O)c3ccccc32)c1. The summed E-state index contributed by atoms with van der Waals surface area (Å²) in [6, 6.07) is 21.5. The van der Waals surface area contributed by atoms with E-state index in [1.165, 1.54) is 5.56 Å². The van der Waals surface area contributed by atoms with Crippen LogP contribution in [0.3, 0.4) is 0 Å². The number of rotatable bonds is 4. The molecule has 0 radical (unpaired) electrons. The van der Waals surface area contributed by atoms with Crippen molar-refractivity contribution in [3.05, 3.63) is 106 Å². The lowest BCUT2D eigenvalue weighted by molar-refractivity contribution is -0.122. The van der Waals surface area contributed by atoms with Gasteiger partial charge in [-0.1, -0.05) is 59.6 Å². The first-order valence-electron chi connectivity index (χ1n) is 10.7. The van der Waals surface area contributed by atoms with Crippen LogP contribution >= 0.6 is 11.6 Å². The second-order valence-electron chi connectivity index (χ2n) is 8.15. The highest BCUT2D eigenvalue weighted by Gasteiger charge is 2.37. The summed E-state index contributed by atoms with van der Waals surface area (Å²) in [5, 5.41) is 3.64. The Morgan fingerprint density at radius 2 is 1.71 bits per heavy atom. The molecule has 1 fully saturated rings. The van der Waals surface area contributed by atoms with Crippen molar-refractivity contribution in [1.29, 1.82) is 0 Å². The normalized spacial score (nSPS) is 15.3. The van der Waals surface area contributed by atoms with Gasteiger partial charge in [0.1, 0.15) is 5.57 Å². The summed E-state index contributed by atoms with van der Waals surface area (Å²) in [4.78, 5) is 39.3. The molecular formula is C27H20ClN3O3. The first kappa shape index (κ1) is 21.7. The number of urea groups is 1. The van der Waals surface area contributed by atoms with E-state index < -0.39 is 17.8 Å². The van der Waals surface area contributed by atoms with Gasteiger partial charge in [0.25, 0.3) is 11.8 Å². The highest BCUT2D eigenvalue weighted by Crippen LogP contribution is 2.28. The van der Waals surface area contributed by atoms with Crippen LogP contribution in [0.2, 0.25) is 5.02 Å². The maximum absolute atomic E-state index is 13.2. The van der Waals surface area contributed by atoms with Crippen LogP contribution in [0.5, 0.6) is 0 Å². The molecule has 0 bridgehead atoms. The van der Waals surface area contributed by atoms with Gasteiger partial charge >= 0.3 is 6.03 Å². The third-order valence-corrected chi connectivity index (χ3v) is 5.99. The lowest BCUT2D eigenvalue weighted by Gasteiger charge is -2.26. The molecular weight excluding hydrogens is 450 g/mol. The van der Waals surface area contributed by atoms with Gasteiger partial charge < -0.3 is 4.57 Å². The predicted octanol–water partition coefficient (Wildman–Crippen LogP) is 5.32. The third kappa shape index (κ3) is 4.00. The molecule has 0 aliphatic carbocycles. The van der Waals surface area contributed by atoms with Gasteiger partial charge in [-0.25, -0.2) is 9.69 Å². The zero-order valence-electron chi connectivity index (χ0n) is 18.3. The largest absolute Gasteiger partial charge is 0.342 e. The molecule has 34 heavy (non-hydrogen) atoms. The van der Waals surface area contributed by atoms with E-state index in [1.807, 2.05) is 49.5 Å². The van der Waals surface area contributed by atoms with E-state index in [4.69, 9.17) is 11.6 Å². The van der Waals surface area contributed by atoms with E-state index in [1.54, 1.807) is 30.3 Å². The molecule has 4 aromatic rings. The number of barbiturate groups is 1. The van der Waals surface area contributed by atoms with Crippen molar-refractivity contribution in [3.63, 3.8) is 0 Å². The van der Waals surface area contributed by atoms with Gasteiger partial charge in [-0.3, -0.25) is 14.9 Å². The molecule has 0 saturated carbocycles. The number of carbonyl (C=O) groups excluding carboxylic acids is 3. The molecule has 0 unspecified atom stereocenters. The second kappa shape index (κ2) is 8.65. The van der Waals surface area contributed by atoms with Crippen LogP contribution in [0.25, 0.3) is 17.0 Å². The summed E-state index contributed by atoms with van der Waals surface area (Å²) in [7, 11) is 0. The number of fused-ring (bicyclic) bond motifs is 1. The van der Waals surface area contributed by atoms with Gasteiger partial charge in [0, 0.05) is 34.2 Å². The quantitative estimate of drug-likeness (QED) is 0.325. The average Bonchev–Trinajstić information content (AvgIpc) is 3.15. The first-order chi connectivity index (χ1) is 16.4. The highest BCUT2D eigenvalue weighted by molar-refractivity contribution is 6.39. The Morgan fingerprint density at radius 3 is 2.47 bits per heavy atom. The standard InChI is InChI=1S/C27H20ClN3O3/c1-17-5-4-6-18(13-17)15-30-16-19(22-7-2-3-8-24(22)30)14-23-25(32)29-27(34)31(26(23)33)21-11-9-20(28)10-12-21/h2-14,16H,15H2,1H3,(H,29,32,34)/b23-14-. The van der Waals surface area contributed by atoms with Crippen molar-refractivity contribution in [2.45, 2.75) is 13.5 Å². The van der Waals surface area contributed by atoms with Crippen molar-refractivity contribution in [2.75, 3.05) is 4.90 Å². The molecule has 3 aromatic carbocycles. The number of aromatic nitrogens is 1. The molecule has 4 amide bonds. The molecule has 1 aliphatic heterocycles. The molecule has 0 atom stereocenters. The lowest BCUT2D eigenvalue weighted by atomic mass is 10.1. The number of amides is 4. The van der Waals surface area contributed by atoms with Crippen LogP contribution in [-0.2, 0) is 16.1 Å². The number of anilines is 1. The van der Waals surface area contributed by atoms with Crippen molar-refractivity contribution < 1.29 is 14.4 Å².